The van der Waals surface area contributed by atoms with Crippen LogP contribution >= 0.6 is 0 Å². The van der Waals surface area contributed by atoms with Gasteiger partial charge in [0.05, 0.1) is 0 Å². The van der Waals surface area contributed by atoms with Gasteiger partial charge in [-0.05, 0) is 0 Å². The molecule has 0 aliphatic carbocycles. The van der Waals surface area contributed by atoms with Crippen molar-refractivity contribution in [2.75, 3.05) is 0 Å². The van der Waals surface area contributed by atoms with Gasteiger partial charge in [-0.1, -0.05) is 0 Å². The standard InChI is InChI=1S/BHS60/c1-3-5-7-9-11-13-15-17-19-21-23-25-27-29-31-33-35-37-39-41-43-45-47-49-51-53-55-57-59-61-60-58-56-54-52-50-48-46-44-42-40-38-36-34-32-30-28-26-24-22-20-18-16-14-12-10-8-6-4-2/h1H. The van der Waals surface area contributed by atoms with E-state index < -0.39 is 0 Å². The second-order valence-corrected chi connectivity index (χ2v) is 108. The SMILES string of the molecule is B=S=S=S=S=S=S=S=S=S=S=S=S=S=S=S=S=S=S=S=S=S=S=S=S=S=S=S=S=S=S=S=S=S=S=S=S=S=S=S=S=S=S=S=S=S=S=S=S=S=S=S=S=S=S=S=S=S=S=S=S. The molecule has 0 saturated carbocycles. The average Bonchev–Trinajstić information content (AvgIpc) is 3.27. The van der Waals surface area contributed by atoms with E-state index in [0.29, 0.717) is 0 Å². The Morgan fingerprint density at radius 3 is 0.295 bits per heavy atom. The van der Waals surface area contributed by atoms with Crippen molar-refractivity contribution in [3.8, 4) is 0 Å². The summed E-state index contributed by atoms with van der Waals surface area (Å²) >= 11 is 4.82. The van der Waals surface area contributed by atoms with Crippen molar-refractivity contribution in [1.29, 1.82) is 0 Å². The predicted molar refractivity (Wildman–Crippen MR) is 449 cm³/mol. The van der Waals surface area contributed by atoms with E-state index >= 15 is 0 Å². The summed E-state index contributed by atoms with van der Waals surface area (Å²) in [6, 6.07) is 0. The first kappa shape index (κ1) is 74.3. The van der Waals surface area contributed by atoms with Crippen molar-refractivity contribution in [3.05, 3.63) is 0 Å². The van der Waals surface area contributed by atoms with E-state index in [1.165, 1.54) is 8.88 Å². The monoisotopic (exact) mass is 1930 g/mol. The van der Waals surface area contributed by atoms with E-state index in [0.717, 1.165) is 0 Å². The summed E-state index contributed by atoms with van der Waals surface area (Å²) < 4.78 is 0. The van der Waals surface area contributed by atoms with E-state index in [4.69, 9.17) is 11.2 Å². The van der Waals surface area contributed by atoms with Gasteiger partial charge < -0.3 is 0 Å². The van der Waals surface area contributed by atoms with Gasteiger partial charge >= 0.3 is 114 Å². The quantitative estimate of drug-likeness (QED) is 0.287. The molecular weight excluding hydrogens is 1930 g/mol. The summed E-state index contributed by atoms with van der Waals surface area (Å²) in [5.74, 6) is 0. The second-order valence-electron chi connectivity index (χ2n) is 4.06. The van der Waals surface area contributed by atoms with Crippen molar-refractivity contribution in [1.82, 2.24) is 0 Å². The molecule has 0 aliphatic rings. The van der Waals surface area contributed by atoms with Crippen molar-refractivity contribution >= 4 is 543 Å². The third kappa shape index (κ3) is 73.3. The van der Waals surface area contributed by atoms with Crippen LogP contribution in [-0.4, -0.2) is 6.72 Å². The molecule has 0 aliphatic heterocycles. The molecule has 0 nitrogen and oxygen atoms in total. The molecule has 0 amide bonds. The fourth-order valence-electron chi connectivity index (χ4n) is 0.655. The Morgan fingerprint density at radius 1 is 0.131 bits per heavy atom. The van der Waals surface area contributed by atoms with Crippen LogP contribution in [-0.2, 0) is 536 Å². The van der Waals surface area contributed by atoms with Gasteiger partial charge in [0.1, 0.15) is 0 Å². The molecular formula is HBS60. The fourth-order valence-corrected chi connectivity index (χ4v) is 156. The Balaban J connectivity index is 6.12. The first-order valence-corrected chi connectivity index (χ1v) is 89.4. The molecule has 61 heteroatoms. The smallest absolute Gasteiger partial charge is 0 e. The van der Waals surface area contributed by atoms with E-state index in [1.807, 2.05) is 417 Å². The maximum absolute atomic E-state index is 4.82. The molecule has 0 N–H and O–H groups in total. The molecule has 0 aromatic rings. The zero-order valence-electron chi connectivity index (χ0n) is 25.2. The molecule has 0 aromatic carbocycles. The van der Waals surface area contributed by atoms with E-state index in [9.17, 15) is 0 Å². The molecule has 0 radical (unpaired) electrons. The van der Waals surface area contributed by atoms with Gasteiger partial charge in [-0.2, -0.15) is 0 Å². The first-order valence-electron chi connectivity index (χ1n) is 10.1. The zero-order chi connectivity index (χ0) is 43.7. The van der Waals surface area contributed by atoms with Crippen LogP contribution in [0.5, 0.6) is 0 Å². The Morgan fingerprint density at radius 2 is 0.213 bits per heavy atom. The van der Waals surface area contributed by atoms with Gasteiger partial charge in [0.25, 0.3) is 0 Å². The Kier molecular flexibility index (Phi) is 89.2. The van der Waals surface area contributed by atoms with Crippen LogP contribution in [0.4, 0.5) is 0 Å². The Bertz CT molecular complexity index is 4100. The number of hydrogen-bond acceptors (Lipinski definition) is 1. The molecule has 61 heavy (non-hydrogen) atoms. The molecule has 0 atom stereocenters. The fraction of sp³-hybridized carbons (Fsp3) is 0. The van der Waals surface area contributed by atoms with Gasteiger partial charge in [-0.15, -0.1) is 0 Å². The predicted octanol–water partition coefficient (Wildman–Crippen LogP) is -0.793. The van der Waals surface area contributed by atoms with Crippen LogP contribution < -0.4 is 0 Å². The molecule has 0 aromatic heterocycles. The summed E-state index contributed by atoms with van der Waals surface area (Å²) in [6.45, 7) is 3.73. The van der Waals surface area contributed by atoms with Crippen LogP contribution in [0.1, 0.15) is 0 Å². The van der Waals surface area contributed by atoms with Crippen molar-refractivity contribution in [2.24, 2.45) is 0 Å². The molecule has 0 heterocycles. The summed E-state index contributed by atoms with van der Waals surface area (Å²) in [6.07, 6.45) is 0. The zero-order valence-corrected chi connectivity index (χ0v) is 74.2. The number of rotatable bonds is 0. The van der Waals surface area contributed by atoms with Gasteiger partial charge in [-0.3, -0.25) is 0 Å². The van der Waals surface area contributed by atoms with Crippen molar-refractivity contribution in [3.63, 3.8) is 0 Å². The first-order chi connectivity index (χ1) is 30.4. The molecule has 364 valence electrons. The van der Waals surface area contributed by atoms with Crippen LogP contribution in [0.3, 0.4) is 0 Å². The van der Waals surface area contributed by atoms with Gasteiger partial charge in [0, 0.05) is 429 Å². The minimum absolute atomic E-state index is 1.37. The topological polar surface area (TPSA) is 0 Å². The Labute approximate surface area is 526 Å². The summed E-state index contributed by atoms with van der Waals surface area (Å²) in [5.41, 5.74) is 0. The van der Waals surface area contributed by atoms with Gasteiger partial charge in [-0.25, -0.2) is 0 Å². The normalized spacial score (nSPS) is 7.79. The molecule has 0 spiro atoms. The van der Waals surface area contributed by atoms with Crippen LogP contribution in [0.2, 0.25) is 0 Å². The summed E-state index contributed by atoms with van der Waals surface area (Å²) in [7, 11) is 106. The van der Waals surface area contributed by atoms with E-state index in [-0.39, 0.29) is 0 Å². The average molecular weight is 1940 g/mol. The van der Waals surface area contributed by atoms with Gasteiger partial charge in [0.15, 0.2) is 0 Å². The molecule has 0 saturated heterocycles. The molecule has 0 rings (SSSR count). The minimum atomic E-state index is 1.37. The van der Waals surface area contributed by atoms with E-state index in [2.05, 4.69) is 6.72 Å². The van der Waals surface area contributed by atoms with Crippen molar-refractivity contribution in [2.45, 2.75) is 0 Å². The summed E-state index contributed by atoms with van der Waals surface area (Å²) in [4.78, 5) is 0. The maximum atomic E-state index is 4.82. The number of hydrogen-bond donors (Lipinski definition) is 0. The van der Waals surface area contributed by atoms with E-state index in [1.54, 1.807) is 98.6 Å². The van der Waals surface area contributed by atoms with Crippen LogP contribution in [0.15, 0.2) is 0 Å². The van der Waals surface area contributed by atoms with Crippen molar-refractivity contribution < 1.29 is 0 Å². The molecule has 0 bridgehead atoms. The van der Waals surface area contributed by atoms with Gasteiger partial charge in [0.2, 0.25) is 0 Å². The van der Waals surface area contributed by atoms with Crippen LogP contribution in [0.25, 0.3) is 0 Å². The van der Waals surface area contributed by atoms with Crippen LogP contribution in [0, 0.1) is 0 Å². The molecule has 0 fully saturated rings. The Hall–Kier alpha value is 13.3. The summed E-state index contributed by atoms with van der Waals surface area (Å²) in [5, 5.41) is 0. The second kappa shape index (κ2) is 73.3. The third-order valence-electron chi connectivity index (χ3n) is 1.63. The third-order valence-corrected chi connectivity index (χ3v) is 130. The molecule has 0 unspecified atom stereocenters. The minimum Gasteiger partial charge on any atom is 0 e.